The predicted molar refractivity (Wildman–Crippen MR) is 64.1 cm³/mol. The number of alkyl halides is 3. The van der Waals surface area contributed by atoms with Crippen LogP contribution in [0.3, 0.4) is 0 Å². The molecule has 3 rings (SSSR count). The third-order valence-corrected chi connectivity index (χ3v) is 3.44. The molecule has 0 spiro atoms. The van der Waals surface area contributed by atoms with E-state index in [4.69, 9.17) is 0 Å². The molecular weight excluding hydrogens is 259 g/mol. The van der Waals surface area contributed by atoms with E-state index in [1.807, 2.05) is 0 Å². The number of H-pyrrole nitrogens is 1. The second-order valence-corrected chi connectivity index (χ2v) is 4.65. The molecule has 2 heterocycles. The van der Waals surface area contributed by atoms with Crippen LogP contribution in [0.1, 0.15) is 18.0 Å². The fourth-order valence-electron chi connectivity index (χ4n) is 2.62. The van der Waals surface area contributed by atoms with Crippen LogP contribution in [0.4, 0.5) is 13.2 Å². The van der Waals surface area contributed by atoms with E-state index < -0.39 is 17.4 Å². The normalized spacial score (nSPS) is 20.3. The topological polar surface area (TPSA) is 49.8 Å². The van der Waals surface area contributed by atoms with Crippen LogP contribution >= 0.6 is 0 Å². The summed E-state index contributed by atoms with van der Waals surface area (Å²) in [6, 6.07) is 3.57. The number of hydrogen-bond acceptors (Lipinski definition) is 2. The summed E-state index contributed by atoms with van der Waals surface area (Å²) in [7, 11) is 0. The molecule has 4 nitrogen and oxygen atoms in total. The van der Waals surface area contributed by atoms with Crippen molar-refractivity contribution >= 4 is 11.0 Å². The van der Waals surface area contributed by atoms with Crippen LogP contribution < -0.4 is 11.0 Å². The number of nitrogens with one attached hydrogen (secondary N) is 2. The van der Waals surface area contributed by atoms with Gasteiger partial charge in [-0.05, 0) is 25.1 Å². The van der Waals surface area contributed by atoms with Gasteiger partial charge in [0.15, 0.2) is 0 Å². The Labute approximate surface area is 106 Å². The molecule has 2 N–H and O–H groups in total. The first-order chi connectivity index (χ1) is 8.98. The van der Waals surface area contributed by atoms with E-state index in [0.29, 0.717) is 19.5 Å². The smallest absolute Gasteiger partial charge is 0.315 e. The van der Waals surface area contributed by atoms with E-state index >= 15 is 0 Å². The van der Waals surface area contributed by atoms with Crippen LogP contribution in [0, 0.1) is 0 Å². The molecule has 102 valence electrons. The molecule has 1 unspecified atom stereocenters. The Morgan fingerprint density at radius 3 is 2.74 bits per heavy atom. The number of nitrogens with zero attached hydrogens (tertiary/aromatic N) is 1. The van der Waals surface area contributed by atoms with Gasteiger partial charge in [-0.3, -0.25) is 4.57 Å². The minimum atomic E-state index is -4.47. The van der Waals surface area contributed by atoms with Crippen molar-refractivity contribution in [2.45, 2.75) is 18.6 Å². The van der Waals surface area contributed by atoms with Gasteiger partial charge in [-0.1, -0.05) is 6.07 Å². The van der Waals surface area contributed by atoms with E-state index in [-0.39, 0.29) is 17.1 Å². The molecule has 2 aromatic rings. The monoisotopic (exact) mass is 271 g/mol. The number of halogens is 3. The molecule has 1 saturated heterocycles. The van der Waals surface area contributed by atoms with Crippen LogP contribution in [-0.4, -0.2) is 22.6 Å². The van der Waals surface area contributed by atoms with Crippen LogP contribution in [0.5, 0.6) is 0 Å². The Morgan fingerprint density at radius 2 is 2.11 bits per heavy atom. The molecule has 0 aliphatic carbocycles. The molecule has 1 aliphatic rings. The molecule has 0 amide bonds. The van der Waals surface area contributed by atoms with Gasteiger partial charge in [-0.15, -0.1) is 0 Å². The van der Waals surface area contributed by atoms with Crippen molar-refractivity contribution in [1.82, 2.24) is 14.9 Å². The molecule has 1 atom stereocenters. The molecule has 7 heteroatoms. The average Bonchev–Trinajstić information content (AvgIpc) is 2.92. The highest BCUT2D eigenvalue weighted by Gasteiger charge is 2.35. The van der Waals surface area contributed by atoms with Crippen molar-refractivity contribution in [3.63, 3.8) is 0 Å². The largest absolute Gasteiger partial charge is 0.418 e. The van der Waals surface area contributed by atoms with E-state index in [2.05, 4.69) is 10.3 Å². The SMILES string of the molecule is O=c1[nH]c2cccc(C(F)(F)F)c2n1C1CCNC1. The van der Waals surface area contributed by atoms with Crippen molar-refractivity contribution in [1.29, 1.82) is 0 Å². The van der Waals surface area contributed by atoms with Gasteiger partial charge in [0.1, 0.15) is 0 Å². The van der Waals surface area contributed by atoms with Gasteiger partial charge in [0.2, 0.25) is 0 Å². The summed E-state index contributed by atoms with van der Waals surface area (Å²) in [5.74, 6) is 0. The van der Waals surface area contributed by atoms with Gasteiger partial charge in [0, 0.05) is 6.54 Å². The first-order valence-electron chi connectivity index (χ1n) is 5.99. The molecule has 0 radical (unpaired) electrons. The zero-order chi connectivity index (χ0) is 13.6. The second kappa shape index (κ2) is 4.12. The number of hydrogen-bond donors (Lipinski definition) is 2. The average molecular weight is 271 g/mol. The van der Waals surface area contributed by atoms with Crippen molar-refractivity contribution < 1.29 is 13.2 Å². The van der Waals surface area contributed by atoms with Gasteiger partial charge in [0.05, 0.1) is 22.6 Å². The number of aromatic nitrogens is 2. The number of imidazole rings is 1. The standard InChI is InChI=1S/C12H12F3N3O/c13-12(14,15)8-2-1-3-9-10(8)18(11(19)17-9)7-4-5-16-6-7/h1-3,7,16H,4-6H2,(H,17,19). The summed E-state index contributed by atoms with van der Waals surface area (Å²) in [6.45, 7) is 1.22. The lowest BCUT2D eigenvalue weighted by Crippen LogP contribution is -2.25. The van der Waals surface area contributed by atoms with Crippen LogP contribution in [0.15, 0.2) is 23.0 Å². The lowest BCUT2D eigenvalue weighted by molar-refractivity contribution is -0.136. The van der Waals surface area contributed by atoms with Gasteiger partial charge >= 0.3 is 11.9 Å². The van der Waals surface area contributed by atoms with Crippen LogP contribution in [0.2, 0.25) is 0 Å². The highest BCUT2D eigenvalue weighted by atomic mass is 19.4. The molecule has 1 aliphatic heterocycles. The summed E-state index contributed by atoms with van der Waals surface area (Å²) < 4.78 is 40.4. The van der Waals surface area contributed by atoms with Gasteiger partial charge in [-0.25, -0.2) is 4.79 Å². The van der Waals surface area contributed by atoms with Crippen molar-refractivity contribution in [2.75, 3.05) is 13.1 Å². The maximum Gasteiger partial charge on any atom is 0.418 e. The maximum atomic E-state index is 13.0. The molecular formula is C12H12F3N3O. The van der Waals surface area contributed by atoms with Gasteiger partial charge < -0.3 is 10.3 Å². The summed E-state index contributed by atoms with van der Waals surface area (Å²) in [5.41, 5.74) is -1.07. The Bertz CT molecular complexity index is 665. The first-order valence-corrected chi connectivity index (χ1v) is 5.99. The molecule has 19 heavy (non-hydrogen) atoms. The van der Waals surface area contributed by atoms with E-state index in [1.165, 1.54) is 16.7 Å². The van der Waals surface area contributed by atoms with E-state index in [9.17, 15) is 18.0 Å². The lowest BCUT2D eigenvalue weighted by Gasteiger charge is -2.14. The van der Waals surface area contributed by atoms with E-state index in [0.717, 1.165) is 6.07 Å². The Balaban J connectivity index is 2.31. The zero-order valence-electron chi connectivity index (χ0n) is 9.92. The minimum Gasteiger partial charge on any atom is -0.315 e. The summed E-state index contributed by atoms with van der Waals surface area (Å²) >= 11 is 0. The second-order valence-electron chi connectivity index (χ2n) is 4.65. The third-order valence-electron chi connectivity index (χ3n) is 3.44. The fourth-order valence-corrected chi connectivity index (χ4v) is 2.62. The quantitative estimate of drug-likeness (QED) is 0.832. The zero-order valence-corrected chi connectivity index (χ0v) is 9.92. The lowest BCUT2D eigenvalue weighted by atomic mass is 10.1. The van der Waals surface area contributed by atoms with Gasteiger partial charge in [0.25, 0.3) is 0 Å². The van der Waals surface area contributed by atoms with Gasteiger partial charge in [-0.2, -0.15) is 13.2 Å². The Hall–Kier alpha value is -1.76. The molecule has 1 fully saturated rings. The maximum absolute atomic E-state index is 13.0. The summed E-state index contributed by atoms with van der Waals surface area (Å²) in [4.78, 5) is 14.4. The first kappa shape index (κ1) is 12.3. The highest BCUT2D eigenvalue weighted by molar-refractivity contribution is 5.79. The highest BCUT2D eigenvalue weighted by Crippen LogP contribution is 2.35. The summed E-state index contributed by atoms with van der Waals surface area (Å²) in [6.07, 6.45) is -3.82. The van der Waals surface area contributed by atoms with Crippen LogP contribution in [-0.2, 0) is 6.18 Å². The van der Waals surface area contributed by atoms with Crippen molar-refractivity contribution in [2.24, 2.45) is 0 Å². The minimum absolute atomic E-state index is 0.0475. The van der Waals surface area contributed by atoms with Crippen molar-refractivity contribution in [3.05, 3.63) is 34.2 Å². The van der Waals surface area contributed by atoms with Crippen molar-refractivity contribution in [3.8, 4) is 0 Å². The number of fused-ring (bicyclic) bond motifs is 1. The molecule has 0 bridgehead atoms. The molecule has 1 aromatic heterocycles. The fraction of sp³-hybridized carbons (Fsp3) is 0.417. The number of para-hydroxylation sites is 1. The predicted octanol–water partition coefficient (Wildman–Crippen LogP) is 1.88. The Morgan fingerprint density at radius 1 is 1.32 bits per heavy atom. The molecule has 0 saturated carbocycles. The third kappa shape index (κ3) is 1.94. The van der Waals surface area contributed by atoms with Crippen LogP contribution in [0.25, 0.3) is 11.0 Å². The summed E-state index contributed by atoms with van der Waals surface area (Å²) in [5, 5.41) is 3.06. The van der Waals surface area contributed by atoms with E-state index in [1.54, 1.807) is 0 Å². The Kier molecular flexibility index (Phi) is 2.67. The number of aromatic amines is 1. The number of benzene rings is 1. The molecule has 1 aromatic carbocycles. The number of rotatable bonds is 1.